The Morgan fingerprint density at radius 2 is 2.00 bits per heavy atom. The average Bonchev–Trinajstić information content (AvgIpc) is 3.12. The number of benzene rings is 1. The zero-order valence-electron chi connectivity index (χ0n) is 10.1. The van der Waals surface area contributed by atoms with Crippen molar-refractivity contribution in [3.05, 3.63) is 35.4 Å². The highest BCUT2D eigenvalue weighted by atomic mass is 19.4. The Bertz CT molecular complexity index is 469. The maximum absolute atomic E-state index is 12.9. The topological polar surface area (TPSA) is 49.3 Å². The lowest BCUT2D eigenvalue weighted by molar-refractivity contribution is -0.142. The molecule has 1 atom stereocenters. The second kappa shape index (κ2) is 5.21. The van der Waals surface area contributed by atoms with E-state index in [9.17, 15) is 18.0 Å². The van der Waals surface area contributed by atoms with Crippen LogP contribution in [0.3, 0.4) is 0 Å². The molecular formula is C13H14F3NO2. The Hall–Kier alpha value is -1.56. The quantitative estimate of drug-likeness (QED) is 0.867. The van der Waals surface area contributed by atoms with Gasteiger partial charge in [-0.1, -0.05) is 18.2 Å². The first kappa shape index (κ1) is 13.9. The summed E-state index contributed by atoms with van der Waals surface area (Å²) in [7, 11) is 0. The highest BCUT2D eigenvalue weighted by molar-refractivity contribution is 5.76. The van der Waals surface area contributed by atoms with Crippen LogP contribution in [-0.2, 0) is 11.0 Å². The summed E-state index contributed by atoms with van der Waals surface area (Å²) in [4.78, 5) is 11.2. The van der Waals surface area contributed by atoms with E-state index >= 15 is 0 Å². The second-order valence-corrected chi connectivity index (χ2v) is 4.71. The number of hydrogen-bond acceptors (Lipinski definition) is 2. The van der Waals surface area contributed by atoms with Crippen molar-refractivity contribution in [2.75, 3.05) is 6.54 Å². The van der Waals surface area contributed by atoms with Crippen LogP contribution in [0.2, 0.25) is 0 Å². The molecule has 1 saturated carbocycles. The summed E-state index contributed by atoms with van der Waals surface area (Å²) in [5.74, 6) is -0.905. The van der Waals surface area contributed by atoms with Crippen molar-refractivity contribution in [3.63, 3.8) is 0 Å². The molecule has 0 bridgehead atoms. The number of aliphatic carboxylic acids is 1. The van der Waals surface area contributed by atoms with Gasteiger partial charge < -0.3 is 10.4 Å². The van der Waals surface area contributed by atoms with Gasteiger partial charge in [-0.15, -0.1) is 0 Å². The van der Waals surface area contributed by atoms with E-state index in [0.29, 0.717) is 12.5 Å². The molecule has 0 amide bonds. The van der Waals surface area contributed by atoms with Crippen LogP contribution in [-0.4, -0.2) is 17.6 Å². The van der Waals surface area contributed by atoms with E-state index in [-0.39, 0.29) is 5.56 Å². The van der Waals surface area contributed by atoms with Crippen LogP contribution in [0.25, 0.3) is 0 Å². The molecule has 3 nitrogen and oxygen atoms in total. The first-order valence-electron chi connectivity index (χ1n) is 6.02. The predicted molar refractivity (Wildman–Crippen MR) is 62.5 cm³/mol. The van der Waals surface area contributed by atoms with Gasteiger partial charge in [0, 0.05) is 0 Å². The number of hydrogen-bond donors (Lipinski definition) is 2. The van der Waals surface area contributed by atoms with Gasteiger partial charge >= 0.3 is 12.1 Å². The van der Waals surface area contributed by atoms with Gasteiger partial charge in [-0.2, -0.15) is 13.2 Å². The van der Waals surface area contributed by atoms with Crippen molar-refractivity contribution < 1.29 is 23.1 Å². The molecule has 0 radical (unpaired) electrons. The van der Waals surface area contributed by atoms with Crippen molar-refractivity contribution in [2.24, 2.45) is 5.92 Å². The van der Waals surface area contributed by atoms with Gasteiger partial charge in [0.2, 0.25) is 0 Å². The van der Waals surface area contributed by atoms with Gasteiger partial charge in [0.05, 0.1) is 5.56 Å². The third-order valence-electron chi connectivity index (χ3n) is 3.13. The van der Waals surface area contributed by atoms with Gasteiger partial charge in [-0.25, -0.2) is 0 Å². The van der Waals surface area contributed by atoms with E-state index in [2.05, 4.69) is 5.32 Å². The minimum atomic E-state index is -4.55. The summed E-state index contributed by atoms with van der Waals surface area (Å²) < 4.78 is 38.6. The molecule has 19 heavy (non-hydrogen) atoms. The lowest BCUT2D eigenvalue weighted by Crippen LogP contribution is -2.31. The molecular weight excluding hydrogens is 259 g/mol. The molecule has 2 N–H and O–H groups in total. The fraction of sp³-hybridized carbons (Fsp3) is 0.462. The van der Waals surface area contributed by atoms with Crippen LogP contribution in [0.4, 0.5) is 13.2 Å². The normalized spacial score (nSPS) is 17.2. The van der Waals surface area contributed by atoms with Crippen LogP contribution in [0.5, 0.6) is 0 Å². The third-order valence-corrected chi connectivity index (χ3v) is 3.13. The van der Waals surface area contributed by atoms with Crippen molar-refractivity contribution >= 4 is 5.97 Å². The Morgan fingerprint density at radius 3 is 2.53 bits per heavy atom. The Morgan fingerprint density at radius 1 is 1.37 bits per heavy atom. The number of carboxylic acid groups (broad SMARTS) is 1. The molecule has 0 aliphatic heterocycles. The minimum Gasteiger partial charge on any atom is -0.480 e. The highest BCUT2D eigenvalue weighted by Crippen LogP contribution is 2.35. The summed E-state index contributed by atoms with van der Waals surface area (Å²) in [6.07, 6.45) is -2.55. The van der Waals surface area contributed by atoms with E-state index in [1.54, 1.807) is 0 Å². The van der Waals surface area contributed by atoms with Gasteiger partial charge in [0.15, 0.2) is 0 Å². The van der Waals surface area contributed by atoms with Gasteiger partial charge in [0.1, 0.15) is 6.04 Å². The number of rotatable bonds is 5. The zero-order valence-corrected chi connectivity index (χ0v) is 10.1. The van der Waals surface area contributed by atoms with E-state index in [1.807, 2.05) is 0 Å². The number of carboxylic acids is 1. The van der Waals surface area contributed by atoms with Crippen molar-refractivity contribution in [2.45, 2.75) is 25.1 Å². The summed E-state index contributed by atoms with van der Waals surface area (Å²) in [5.41, 5.74) is -1.13. The number of alkyl halides is 3. The van der Waals surface area contributed by atoms with Crippen LogP contribution in [0, 0.1) is 5.92 Å². The number of halogens is 3. The lowest BCUT2D eigenvalue weighted by Gasteiger charge is -2.19. The van der Waals surface area contributed by atoms with E-state index in [1.165, 1.54) is 18.2 Å². The summed E-state index contributed by atoms with van der Waals surface area (Å²) in [6.45, 7) is 0.434. The van der Waals surface area contributed by atoms with E-state index in [4.69, 9.17) is 5.11 Å². The molecule has 0 saturated heterocycles. The van der Waals surface area contributed by atoms with Crippen LogP contribution in [0.1, 0.15) is 30.0 Å². The Kier molecular flexibility index (Phi) is 3.80. The number of carbonyl (C=O) groups is 1. The molecule has 1 aromatic rings. The largest absolute Gasteiger partial charge is 0.480 e. The monoisotopic (exact) mass is 273 g/mol. The fourth-order valence-corrected chi connectivity index (χ4v) is 1.94. The molecule has 0 spiro atoms. The summed E-state index contributed by atoms with van der Waals surface area (Å²) in [5, 5.41) is 11.8. The average molecular weight is 273 g/mol. The molecule has 0 aromatic heterocycles. The molecule has 1 aliphatic rings. The first-order chi connectivity index (χ1) is 8.89. The van der Waals surface area contributed by atoms with Crippen molar-refractivity contribution in [3.8, 4) is 0 Å². The number of nitrogens with one attached hydrogen (secondary N) is 1. The minimum absolute atomic E-state index is 0.233. The zero-order chi connectivity index (χ0) is 14.0. The molecule has 1 aromatic carbocycles. The van der Waals surface area contributed by atoms with Crippen LogP contribution < -0.4 is 5.32 Å². The maximum atomic E-state index is 12.9. The Labute approximate surface area is 108 Å². The van der Waals surface area contributed by atoms with E-state index < -0.39 is 23.8 Å². The maximum Gasteiger partial charge on any atom is 0.416 e. The standard InChI is InChI=1S/C13H14F3NO2/c14-13(15,16)10-4-2-1-3-9(10)11(12(18)19)17-7-8-5-6-8/h1-4,8,11,17H,5-7H2,(H,18,19). The summed E-state index contributed by atoms with van der Waals surface area (Å²) >= 11 is 0. The first-order valence-corrected chi connectivity index (χ1v) is 6.02. The summed E-state index contributed by atoms with van der Waals surface area (Å²) in [6, 6.07) is 3.47. The van der Waals surface area contributed by atoms with Crippen LogP contribution in [0.15, 0.2) is 24.3 Å². The smallest absolute Gasteiger partial charge is 0.416 e. The van der Waals surface area contributed by atoms with Gasteiger partial charge in [-0.05, 0) is 36.9 Å². The molecule has 104 valence electrons. The van der Waals surface area contributed by atoms with Crippen molar-refractivity contribution in [1.82, 2.24) is 5.32 Å². The van der Waals surface area contributed by atoms with Gasteiger partial charge in [0.25, 0.3) is 0 Å². The SMILES string of the molecule is O=C(O)C(NCC1CC1)c1ccccc1C(F)(F)F. The molecule has 1 aliphatic carbocycles. The van der Waals surface area contributed by atoms with E-state index in [0.717, 1.165) is 18.9 Å². The molecule has 1 fully saturated rings. The highest BCUT2D eigenvalue weighted by Gasteiger charge is 2.37. The van der Waals surface area contributed by atoms with Gasteiger partial charge in [-0.3, -0.25) is 4.79 Å². The third kappa shape index (κ3) is 3.47. The lowest BCUT2D eigenvalue weighted by atomic mass is 9.99. The predicted octanol–water partition coefficient (Wildman–Crippen LogP) is 2.83. The second-order valence-electron chi connectivity index (χ2n) is 4.71. The molecule has 2 rings (SSSR count). The van der Waals surface area contributed by atoms with Crippen molar-refractivity contribution in [1.29, 1.82) is 0 Å². The molecule has 1 unspecified atom stereocenters. The molecule has 6 heteroatoms. The fourth-order valence-electron chi connectivity index (χ4n) is 1.94. The molecule has 0 heterocycles. The van der Waals surface area contributed by atoms with Crippen LogP contribution >= 0.6 is 0 Å². The Balaban J connectivity index is 2.27.